The number of ether oxygens (including phenoxy) is 1. The number of nitrogens with one attached hydrogen (secondary N) is 1. The van der Waals surface area contributed by atoms with E-state index in [2.05, 4.69) is 12.2 Å². The molecule has 1 rings (SSSR count). The van der Waals surface area contributed by atoms with Gasteiger partial charge in [-0.15, -0.1) is 0 Å². The van der Waals surface area contributed by atoms with Gasteiger partial charge in [-0.2, -0.15) is 0 Å². The highest BCUT2D eigenvalue weighted by atomic mass is 16.5. The van der Waals surface area contributed by atoms with Crippen molar-refractivity contribution in [2.24, 2.45) is 5.92 Å². The molecule has 2 atom stereocenters. The molecule has 1 aliphatic heterocycles. The molecule has 0 amide bonds. The third kappa shape index (κ3) is 4.07. The van der Waals surface area contributed by atoms with Gasteiger partial charge in [-0.25, -0.2) is 0 Å². The highest BCUT2D eigenvalue weighted by Gasteiger charge is 2.24. The fourth-order valence-electron chi connectivity index (χ4n) is 1.50. The van der Waals surface area contributed by atoms with Crippen LogP contribution in [0.15, 0.2) is 0 Å². The maximum atomic E-state index is 9.49. The van der Waals surface area contributed by atoms with Crippen molar-refractivity contribution in [1.82, 2.24) is 5.32 Å². The summed E-state index contributed by atoms with van der Waals surface area (Å²) >= 11 is 0. The van der Waals surface area contributed by atoms with Gasteiger partial charge >= 0.3 is 0 Å². The Labute approximate surface area is 80.5 Å². The molecule has 0 aromatic rings. The molecular formula is C10H21NO2. The normalized spacial score (nSPS) is 30.5. The van der Waals surface area contributed by atoms with Crippen molar-refractivity contribution in [3.63, 3.8) is 0 Å². The molecule has 0 spiro atoms. The molecule has 13 heavy (non-hydrogen) atoms. The van der Waals surface area contributed by atoms with Crippen molar-refractivity contribution in [2.45, 2.75) is 38.9 Å². The van der Waals surface area contributed by atoms with Gasteiger partial charge < -0.3 is 15.2 Å². The molecule has 3 nitrogen and oxygen atoms in total. The van der Waals surface area contributed by atoms with Crippen LogP contribution in [0.3, 0.4) is 0 Å². The summed E-state index contributed by atoms with van der Waals surface area (Å²) in [5.41, 5.74) is -0.711. The molecule has 1 aliphatic rings. The Kier molecular flexibility index (Phi) is 3.71. The van der Waals surface area contributed by atoms with E-state index in [1.165, 1.54) is 0 Å². The Hall–Kier alpha value is -0.120. The number of piperidine rings is 1. The number of rotatable bonds is 3. The molecule has 0 saturated carbocycles. The van der Waals surface area contributed by atoms with Crippen molar-refractivity contribution in [2.75, 3.05) is 19.7 Å². The average Bonchev–Trinajstić information content (AvgIpc) is 2.01. The summed E-state index contributed by atoms with van der Waals surface area (Å²) in [6.07, 6.45) is 1.43. The SMILES string of the molecule is CC1CCNCC1OCC(C)(C)O. The van der Waals surface area contributed by atoms with E-state index in [9.17, 15) is 5.11 Å². The zero-order chi connectivity index (χ0) is 9.90. The van der Waals surface area contributed by atoms with Crippen LogP contribution < -0.4 is 5.32 Å². The third-order valence-electron chi connectivity index (χ3n) is 2.41. The minimum atomic E-state index is -0.711. The van der Waals surface area contributed by atoms with Crippen LogP contribution in [0.5, 0.6) is 0 Å². The Bertz CT molecular complexity index is 153. The summed E-state index contributed by atoms with van der Waals surface area (Å²) in [6, 6.07) is 0. The molecule has 3 heteroatoms. The van der Waals surface area contributed by atoms with Crippen molar-refractivity contribution in [3.05, 3.63) is 0 Å². The zero-order valence-electron chi connectivity index (χ0n) is 8.84. The molecule has 1 saturated heterocycles. The Balaban J connectivity index is 2.27. The predicted octanol–water partition coefficient (Wildman–Crippen LogP) is 0.772. The number of aliphatic hydroxyl groups is 1. The largest absolute Gasteiger partial charge is 0.388 e. The highest BCUT2D eigenvalue weighted by molar-refractivity contribution is 4.77. The van der Waals surface area contributed by atoms with Gasteiger partial charge in [-0.3, -0.25) is 0 Å². The predicted molar refractivity (Wildman–Crippen MR) is 52.7 cm³/mol. The van der Waals surface area contributed by atoms with Crippen molar-refractivity contribution in [1.29, 1.82) is 0 Å². The second-order valence-electron chi connectivity index (χ2n) is 4.63. The molecular weight excluding hydrogens is 166 g/mol. The second kappa shape index (κ2) is 4.40. The first-order chi connectivity index (χ1) is 5.99. The Morgan fingerprint density at radius 1 is 1.54 bits per heavy atom. The lowest BCUT2D eigenvalue weighted by Crippen LogP contribution is -2.43. The summed E-state index contributed by atoms with van der Waals surface area (Å²) in [5, 5.41) is 12.8. The minimum Gasteiger partial charge on any atom is -0.388 e. The van der Waals surface area contributed by atoms with Crippen LogP contribution in [0.4, 0.5) is 0 Å². The average molecular weight is 187 g/mol. The monoisotopic (exact) mass is 187 g/mol. The summed E-state index contributed by atoms with van der Waals surface area (Å²) in [6.45, 7) is 8.17. The van der Waals surface area contributed by atoms with Gasteiger partial charge in [0.1, 0.15) is 0 Å². The molecule has 1 fully saturated rings. The summed E-state index contributed by atoms with van der Waals surface area (Å²) in [5.74, 6) is 0.601. The molecule has 1 heterocycles. The molecule has 0 bridgehead atoms. The van der Waals surface area contributed by atoms with E-state index in [1.807, 2.05) is 0 Å². The second-order valence-corrected chi connectivity index (χ2v) is 4.63. The third-order valence-corrected chi connectivity index (χ3v) is 2.41. The van der Waals surface area contributed by atoms with Crippen molar-refractivity contribution in [3.8, 4) is 0 Å². The summed E-state index contributed by atoms with van der Waals surface area (Å²) < 4.78 is 5.65. The maximum absolute atomic E-state index is 9.49. The van der Waals surface area contributed by atoms with E-state index in [4.69, 9.17) is 4.74 Å². The van der Waals surface area contributed by atoms with E-state index in [-0.39, 0.29) is 6.10 Å². The molecule has 0 aliphatic carbocycles. The fourth-order valence-corrected chi connectivity index (χ4v) is 1.50. The quantitative estimate of drug-likeness (QED) is 0.686. The molecule has 0 aromatic carbocycles. The smallest absolute Gasteiger partial charge is 0.0824 e. The van der Waals surface area contributed by atoms with E-state index in [1.54, 1.807) is 13.8 Å². The van der Waals surface area contributed by atoms with Gasteiger partial charge in [0.2, 0.25) is 0 Å². The van der Waals surface area contributed by atoms with Crippen LogP contribution in [0.1, 0.15) is 27.2 Å². The number of hydrogen-bond acceptors (Lipinski definition) is 3. The summed E-state index contributed by atoms with van der Waals surface area (Å²) in [7, 11) is 0. The van der Waals surface area contributed by atoms with Gasteiger partial charge in [0.25, 0.3) is 0 Å². The van der Waals surface area contributed by atoms with Gasteiger partial charge in [0.15, 0.2) is 0 Å². The van der Waals surface area contributed by atoms with E-state index >= 15 is 0 Å². The van der Waals surface area contributed by atoms with Crippen molar-refractivity contribution >= 4 is 0 Å². The summed E-state index contributed by atoms with van der Waals surface area (Å²) in [4.78, 5) is 0. The topological polar surface area (TPSA) is 41.5 Å². The van der Waals surface area contributed by atoms with E-state index in [0.29, 0.717) is 12.5 Å². The molecule has 0 radical (unpaired) electrons. The van der Waals surface area contributed by atoms with Gasteiger partial charge in [-0.1, -0.05) is 6.92 Å². The number of hydrogen-bond donors (Lipinski definition) is 2. The first kappa shape index (κ1) is 11.0. The van der Waals surface area contributed by atoms with Gasteiger partial charge in [0, 0.05) is 6.54 Å². The van der Waals surface area contributed by atoms with Crippen LogP contribution in [-0.4, -0.2) is 36.5 Å². The van der Waals surface area contributed by atoms with Crippen LogP contribution in [0.25, 0.3) is 0 Å². The Morgan fingerprint density at radius 3 is 2.77 bits per heavy atom. The van der Waals surface area contributed by atoms with Crippen LogP contribution in [-0.2, 0) is 4.74 Å². The molecule has 0 aromatic heterocycles. The zero-order valence-corrected chi connectivity index (χ0v) is 8.84. The van der Waals surface area contributed by atoms with Crippen LogP contribution in [0.2, 0.25) is 0 Å². The lowest BCUT2D eigenvalue weighted by Gasteiger charge is -2.31. The van der Waals surface area contributed by atoms with E-state index in [0.717, 1.165) is 19.5 Å². The lowest BCUT2D eigenvalue weighted by atomic mass is 9.97. The van der Waals surface area contributed by atoms with Crippen molar-refractivity contribution < 1.29 is 9.84 Å². The first-order valence-corrected chi connectivity index (χ1v) is 5.04. The van der Waals surface area contributed by atoms with Gasteiger partial charge in [0.05, 0.1) is 18.3 Å². The standard InChI is InChI=1S/C10H21NO2/c1-8-4-5-11-6-9(8)13-7-10(2,3)12/h8-9,11-12H,4-7H2,1-3H3. The van der Waals surface area contributed by atoms with Gasteiger partial charge in [-0.05, 0) is 32.7 Å². The lowest BCUT2D eigenvalue weighted by molar-refractivity contribution is -0.0733. The Morgan fingerprint density at radius 2 is 2.23 bits per heavy atom. The molecule has 2 unspecified atom stereocenters. The maximum Gasteiger partial charge on any atom is 0.0824 e. The minimum absolute atomic E-state index is 0.264. The van der Waals surface area contributed by atoms with E-state index < -0.39 is 5.60 Å². The molecule has 2 N–H and O–H groups in total. The molecule has 78 valence electrons. The first-order valence-electron chi connectivity index (χ1n) is 5.04. The fraction of sp³-hybridized carbons (Fsp3) is 1.00. The van der Waals surface area contributed by atoms with Crippen LogP contribution >= 0.6 is 0 Å². The van der Waals surface area contributed by atoms with Crippen LogP contribution in [0, 0.1) is 5.92 Å². The highest BCUT2D eigenvalue weighted by Crippen LogP contribution is 2.16.